The van der Waals surface area contributed by atoms with Crippen LogP contribution in [0.2, 0.25) is 0 Å². The van der Waals surface area contributed by atoms with Gasteiger partial charge in [-0.05, 0) is 101 Å². The van der Waals surface area contributed by atoms with E-state index in [2.05, 4.69) is 194 Å². The van der Waals surface area contributed by atoms with Crippen molar-refractivity contribution in [1.82, 2.24) is 0 Å². The molecule has 0 N–H and O–H groups in total. The van der Waals surface area contributed by atoms with Gasteiger partial charge in [0.25, 0.3) is 0 Å². The molecule has 0 fully saturated rings. The van der Waals surface area contributed by atoms with Gasteiger partial charge in [-0.25, -0.2) is 0 Å². The van der Waals surface area contributed by atoms with Crippen LogP contribution >= 0.6 is 45.2 Å². The van der Waals surface area contributed by atoms with E-state index < -0.39 is 0 Å². The lowest BCUT2D eigenvalue weighted by Crippen LogP contribution is -2.22. The zero-order valence-electron chi connectivity index (χ0n) is 23.3. The summed E-state index contributed by atoms with van der Waals surface area (Å²) in [5.74, 6) is 0. The zero-order chi connectivity index (χ0) is 28.1. The molecule has 0 atom stereocenters. The standard InChI is InChI=1S/C38H32I2/c1-37(2)33(29(25-17-9-5-10-18-25)31(35(37)39)27-21-13-7-14-22-27)34-30(26-19-11-6-12-20-26)32(36(40)38(34,3)4)28-23-15-8-16-24-28/h5-24H,1-4H3. The van der Waals surface area contributed by atoms with Gasteiger partial charge in [0.2, 0.25) is 0 Å². The van der Waals surface area contributed by atoms with Crippen LogP contribution in [0, 0.1) is 10.8 Å². The van der Waals surface area contributed by atoms with Gasteiger partial charge in [0.15, 0.2) is 0 Å². The molecule has 0 bridgehead atoms. The first kappa shape index (κ1) is 27.5. The molecule has 2 heteroatoms. The molecule has 0 saturated heterocycles. The van der Waals surface area contributed by atoms with Crippen LogP contribution in [0.4, 0.5) is 0 Å². The molecule has 0 amide bonds. The first-order valence-corrected chi connectivity index (χ1v) is 15.9. The lowest BCUT2D eigenvalue weighted by Gasteiger charge is -2.34. The maximum atomic E-state index is 2.64. The average molecular weight is 742 g/mol. The highest BCUT2D eigenvalue weighted by molar-refractivity contribution is 14.1. The predicted molar refractivity (Wildman–Crippen MR) is 189 cm³/mol. The number of rotatable bonds is 5. The number of benzene rings is 4. The van der Waals surface area contributed by atoms with E-state index in [1.165, 1.54) is 62.9 Å². The number of halogens is 2. The highest BCUT2D eigenvalue weighted by Crippen LogP contribution is 2.66. The average Bonchev–Trinajstić information content (AvgIpc) is 3.32. The van der Waals surface area contributed by atoms with Gasteiger partial charge < -0.3 is 0 Å². The Hall–Kier alpha value is -2.70. The van der Waals surface area contributed by atoms with Crippen molar-refractivity contribution < 1.29 is 0 Å². The van der Waals surface area contributed by atoms with Crippen LogP contribution < -0.4 is 0 Å². The summed E-state index contributed by atoms with van der Waals surface area (Å²) in [7, 11) is 0. The fourth-order valence-electron chi connectivity index (χ4n) is 6.35. The number of hydrogen-bond acceptors (Lipinski definition) is 0. The van der Waals surface area contributed by atoms with E-state index >= 15 is 0 Å². The van der Waals surface area contributed by atoms with Crippen LogP contribution in [0.3, 0.4) is 0 Å². The summed E-state index contributed by atoms with van der Waals surface area (Å²) in [5.41, 5.74) is 13.0. The van der Waals surface area contributed by atoms with Crippen molar-refractivity contribution in [3.63, 3.8) is 0 Å². The van der Waals surface area contributed by atoms with E-state index in [1.54, 1.807) is 0 Å². The van der Waals surface area contributed by atoms with Crippen molar-refractivity contribution >= 4 is 67.5 Å². The molecule has 6 rings (SSSR count). The van der Waals surface area contributed by atoms with Gasteiger partial charge in [-0.2, -0.15) is 0 Å². The number of allylic oxidation sites excluding steroid dienone is 8. The van der Waals surface area contributed by atoms with E-state index in [4.69, 9.17) is 0 Å². The Labute approximate surface area is 265 Å². The molecule has 4 aromatic rings. The van der Waals surface area contributed by atoms with Crippen LogP contribution in [-0.2, 0) is 0 Å². The van der Waals surface area contributed by atoms with E-state index in [-0.39, 0.29) is 10.8 Å². The third-order valence-electron chi connectivity index (χ3n) is 8.29. The molecule has 0 spiro atoms. The minimum atomic E-state index is -0.174. The smallest absolute Gasteiger partial charge is 0.0220 e. The zero-order valence-corrected chi connectivity index (χ0v) is 27.6. The molecule has 2 aliphatic carbocycles. The fourth-order valence-corrected chi connectivity index (χ4v) is 8.05. The second-order valence-corrected chi connectivity index (χ2v) is 13.7. The van der Waals surface area contributed by atoms with Crippen LogP contribution in [0.1, 0.15) is 49.9 Å². The van der Waals surface area contributed by atoms with Gasteiger partial charge in [-0.1, -0.05) is 149 Å². The third kappa shape index (κ3) is 4.39. The highest BCUT2D eigenvalue weighted by atomic mass is 127. The van der Waals surface area contributed by atoms with Gasteiger partial charge in [0.05, 0.1) is 0 Å². The summed E-state index contributed by atoms with van der Waals surface area (Å²) in [4.78, 5) is 0. The van der Waals surface area contributed by atoms with Gasteiger partial charge in [-0.3, -0.25) is 0 Å². The van der Waals surface area contributed by atoms with E-state index in [0.29, 0.717) is 0 Å². The molecule has 198 valence electrons. The lowest BCUT2D eigenvalue weighted by molar-refractivity contribution is 0.528. The van der Waals surface area contributed by atoms with E-state index in [0.717, 1.165) is 0 Å². The molecular weight excluding hydrogens is 710 g/mol. The van der Waals surface area contributed by atoms with Crippen LogP contribution in [0.25, 0.3) is 22.3 Å². The summed E-state index contributed by atoms with van der Waals surface area (Å²) in [5, 5.41) is 0. The van der Waals surface area contributed by atoms with Crippen molar-refractivity contribution in [2.75, 3.05) is 0 Å². The predicted octanol–water partition coefficient (Wildman–Crippen LogP) is 11.7. The lowest BCUT2D eigenvalue weighted by atomic mass is 9.71. The van der Waals surface area contributed by atoms with Gasteiger partial charge in [0.1, 0.15) is 0 Å². The maximum absolute atomic E-state index is 2.64. The van der Waals surface area contributed by atoms with Crippen LogP contribution in [-0.4, -0.2) is 0 Å². The molecule has 4 aromatic carbocycles. The van der Waals surface area contributed by atoms with Crippen LogP contribution in [0.15, 0.2) is 140 Å². The minimum absolute atomic E-state index is 0.174. The monoisotopic (exact) mass is 742 g/mol. The summed E-state index contributed by atoms with van der Waals surface area (Å²) in [6.45, 7) is 9.67. The summed E-state index contributed by atoms with van der Waals surface area (Å²) < 4.78 is 2.79. The van der Waals surface area contributed by atoms with Gasteiger partial charge >= 0.3 is 0 Å². The normalized spacial score (nSPS) is 18.2. The fraction of sp³-hybridized carbons (Fsp3) is 0.158. The molecule has 2 aliphatic rings. The Bertz CT molecular complexity index is 1570. The first-order valence-electron chi connectivity index (χ1n) is 13.8. The molecular formula is C38H32I2. The topological polar surface area (TPSA) is 0 Å². The molecule has 0 saturated carbocycles. The Morgan fingerprint density at radius 3 is 0.825 bits per heavy atom. The van der Waals surface area contributed by atoms with Gasteiger partial charge in [-0.15, -0.1) is 0 Å². The van der Waals surface area contributed by atoms with Crippen molar-refractivity contribution in [3.8, 4) is 0 Å². The molecule has 0 nitrogen and oxygen atoms in total. The first-order chi connectivity index (χ1) is 19.2. The summed E-state index contributed by atoms with van der Waals surface area (Å²) in [6.07, 6.45) is 0. The molecule has 0 aliphatic heterocycles. The van der Waals surface area contributed by atoms with Crippen LogP contribution in [0.5, 0.6) is 0 Å². The minimum Gasteiger partial charge on any atom is -0.0622 e. The molecule has 40 heavy (non-hydrogen) atoms. The molecule has 0 unspecified atom stereocenters. The largest absolute Gasteiger partial charge is 0.0622 e. The van der Waals surface area contributed by atoms with Crippen molar-refractivity contribution in [2.24, 2.45) is 10.8 Å². The molecule has 0 radical (unpaired) electrons. The van der Waals surface area contributed by atoms with Crippen molar-refractivity contribution in [3.05, 3.63) is 162 Å². The summed E-state index contributed by atoms with van der Waals surface area (Å²) in [6, 6.07) is 44.0. The van der Waals surface area contributed by atoms with E-state index in [9.17, 15) is 0 Å². The number of hydrogen-bond donors (Lipinski definition) is 0. The Balaban J connectivity index is 1.78. The Morgan fingerprint density at radius 2 is 0.575 bits per heavy atom. The van der Waals surface area contributed by atoms with Gasteiger partial charge in [0, 0.05) is 18.0 Å². The highest BCUT2D eigenvalue weighted by Gasteiger charge is 2.49. The quantitative estimate of drug-likeness (QED) is 0.179. The second-order valence-electron chi connectivity index (χ2n) is 11.6. The Kier molecular flexibility index (Phi) is 7.28. The maximum Gasteiger partial charge on any atom is 0.0220 e. The van der Waals surface area contributed by atoms with Crippen molar-refractivity contribution in [2.45, 2.75) is 27.7 Å². The Morgan fingerprint density at radius 1 is 0.350 bits per heavy atom. The molecule has 0 heterocycles. The third-order valence-corrected chi connectivity index (χ3v) is 12.1. The van der Waals surface area contributed by atoms with E-state index in [1.807, 2.05) is 0 Å². The molecule has 0 aromatic heterocycles. The SMILES string of the molecule is CC1(C)C(I)=C(c2ccccc2)C(c2ccccc2)=C1C1=C(c2ccccc2)C(c2ccccc2)=C(I)C1(C)C. The van der Waals surface area contributed by atoms with Crippen molar-refractivity contribution in [1.29, 1.82) is 0 Å². The second kappa shape index (κ2) is 10.6. The summed E-state index contributed by atoms with van der Waals surface area (Å²) >= 11 is 5.28.